The summed E-state index contributed by atoms with van der Waals surface area (Å²) in [5.74, 6) is 1.25. The molecule has 3 aromatic heterocycles. The average molecular weight is 493 g/mol. The predicted octanol–water partition coefficient (Wildman–Crippen LogP) is 3.47. The molecule has 0 spiro atoms. The molecule has 1 fully saturated rings. The Labute approximate surface area is 210 Å². The Morgan fingerprint density at radius 2 is 1.94 bits per heavy atom. The highest BCUT2D eigenvalue weighted by Gasteiger charge is 2.34. The van der Waals surface area contributed by atoms with E-state index in [9.17, 15) is 9.59 Å². The first-order chi connectivity index (χ1) is 17.1. The lowest BCUT2D eigenvalue weighted by molar-refractivity contribution is 0.0159. The highest BCUT2D eigenvalue weighted by atomic mass is 16.6. The Balaban J connectivity index is 1.29. The van der Waals surface area contributed by atoms with Crippen LogP contribution in [-0.4, -0.2) is 74.2 Å². The fraction of sp³-hybridized carbons (Fsp3) is 0.480. The SMILES string of the molecule is Cc1cn2cc(NC(=O)N3CCc4c(N5CCN(C(=O)OC(C)(C)C)[C@H](C)C5)ccnc43)cnc2n1. The van der Waals surface area contributed by atoms with Gasteiger partial charge in [0.2, 0.25) is 5.78 Å². The van der Waals surface area contributed by atoms with Crippen LogP contribution in [0.2, 0.25) is 0 Å². The van der Waals surface area contributed by atoms with E-state index in [2.05, 4.69) is 25.2 Å². The van der Waals surface area contributed by atoms with Crippen molar-refractivity contribution in [3.63, 3.8) is 0 Å². The van der Waals surface area contributed by atoms with Gasteiger partial charge >= 0.3 is 12.1 Å². The van der Waals surface area contributed by atoms with Crippen LogP contribution >= 0.6 is 0 Å². The van der Waals surface area contributed by atoms with E-state index in [1.54, 1.807) is 32.8 Å². The quantitative estimate of drug-likeness (QED) is 0.583. The third-order valence-electron chi connectivity index (χ3n) is 6.37. The Kier molecular flexibility index (Phi) is 5.93. The van der Waals surface area contributed by atoms with Gasteiger partial charge in [-0.1, -0.05) is 0 Å². The standard InChI is InChI=1S/C25H32N8O3/c1-16-13-31-15-18(12-27-22(31)28-16)29-23(34)33-9-7-19-20(6-8-26-21(19)33)30-10-11-32(17(2)14-30)24(35)36-25(3,4)5/h6,8,12-13,15,17H,7,9-11,14H2,1-5H3,(H,29,34)/t17-/m1/s1. The Morgan fingerprint density at radius 1 is 1.14 bits per heavy atom. The number of carbonyl (C=O) groups is 2. The molecule has 5 heterocycles. The number of hydrogen-bond acceptors (Lipinski definition) is 7. The molecule has 0 radical (unpaired) electrons. The van der Waals surface area contributed by atoms with Crippen LogP contribution in [0.3, 0.4) is 0 Å². The van der Waals surface area contributed by atoms with Gasteiger partial charge in [0.25, 0.3) is 0 Å². The molecule has 0 bridgehead atoms. The number of anilines is 3. The first kappa shape index (κ1) is 23.8. The second-order valence-electron chi connectivity index (χ2n) is 10.4. The smallest absolute Gasteiger partial charge is 0.410 e. The summed E-state index contributed by atoms with van der Waals surface area (Å²) >= 11 is 0. The molecule has 0 aliphatic carbocycles. The van der Waals surface area contributed by atoms with E-state index < -0.39 is 5.60 Å². The molecular weight excluding hydrogens is 460 g/mol. The van der Waals surface area contributed by atoms with Crippen molar-refractivity contribution in [2.24, 2.45) is 0 Å². The Hall–Kier alpha value is -3.89. The molecule has 190 valence electrons. The van der Waals surface area contributed by atoms with E-state index in [0.29, 0.717) is 49.9 Å². The van der Waals surface area contributed by atoms with Gasteiger partial charge in [-0.2, -0.15) is 0 Å². The van der Waals surface area contributed by atoms with Crippen molar-refractivity contribution >= 4 is 35.1 Å². The number of aryl methyl sites for hydroxylation is 1. The maximum atomic E-state index is 13.1. The third kappa shape index (κ3) is 4.65. The highest BCUT2D eigenvalue weighted by Crippen LogP contribution is 2.35. The Bertz CT molecular complexity index is 1310. The first-order valence-corrected chi connectivity index (χ1v) is 12.2. The van der Waals surface area contributed by atoms with Gasteiger partial charge in [0, 0.05) is 62.1 Å². The normalized spacial score (nSPS) is 17.9. The number of nitrogens with one attached hydrogen (secondary N) is 1. The number of piperazine rings is 1. The van der Waals surface area contributed by atoms with Crippen molar-refractivity contribution in [1.82, 2.24) is 24.3 Å². The van der Waals surface area contributed by atoms with Crippen LogP contribution in [0, 0.1) is 6.92 Å². The zero-order valence-corrected chi connectivity index (χ0v) is 21.4. The molecule has 0 saturated carbocycles. The number of nitrogens with zero attached hydrogens (tertiary/aromatic N) is 7. The summed E-state index contributed by atoms with van der Waals surface area (Å²) in [5, 5.41) is 2.93. The molecule has 3 amide bonds. The zero-order valence-electron chi connectivity index (χ0n) is 21.4. The number of imidazole rings is 1. The third-order valence-corrected chi connectivity index (χ3v) is 6.37. The molecule has 3 aromatic rings. The van der Waals surface area contributed by atoms with Crippen molar-refractivity contribution < 1.29 is 14.3 Å². The van der Waals surface area contributed by atoms with Crippen LogP contribution in [-0.2, 0) is 11.2 Å². The van der Waals surface area contributed by atoms with Crippen molar-refractivity contribution in [3.8, 4) is 0 Å². The second kappa shape index (κ2) is 8.96. The summed E-state index contributed by atoms with van der Waals surface area (Å²) < 4.78 is 7.36. The van der Waals surface area contributed by atoms with Gasteiger partial charge in [0.1, 0.15) is 11.4 Å². The molecule has 11 nitrogen and oxygen atoms in total. The fourth-order valence-electron chi connectivity index (χ4n) is 4.80. The fourth-order valence-corrected chi connectivity index (χ4v) is 4.80. The average Bonchev–Trinajstić information content (AvgIpc) is 3.40. The van der Waals surface area contributed by atoms with Crippen LogP contribution in [0.4, 0.5) is 26.8 Å². The summed E-state index contributed by atoms with van der Waals surface area (Å²) in [5.41, 5.74) is 3.02. The molecular formula is C25H32N8O3. The van der Waals surface area contributed by atoms with E-state index >= 15 is 0 Å². The Morgan fingerprint density at radius 3 is 2.69 bits per heavy atom. The van der Waals surface area contributed by atoms with Crippen LogP contribution in [0.25, 0.3) is 5.78 Å². The molecule has 36 heavy (non-hydrogen) atoms. The highest BCUT2D eigenvalue weighted by molar-refractivity contribution is 6.02. The monoisotopic (exact) mass is 492 g/mol. The number of pyridine rings is 1. The van der Waals surface area contributed by atoms with Gasteiger partial charge in [-0.05, 0) is 47.1 Å². The van der Waals surface area contributed by atoms with Gasteiger partial charge in [-0.25, -0.2) is 24.5 Å². The number of aromatic nitrogens is 4. The molecule has 1 saturated heterocycles. The van der Waals surface area contributed by atoms with E-state index in [4.69, 9.17) is 4.74 Å². The first-order valence-electron chi connectivity index (χ1n) is 12.2. The summed E-state index contributed by atoms with van der Waals surface area (Å²) in [6.45, 7) is 12.0. The van der Waals surface area contributed by atoms with Crippen LogP contribution in [0.1, 0.15) is 39.0 Å². The van der Waals surface area contributed by atoms with E-state index in [0.717, 1.165) is 16.9 Å². The summed E-state index contributed by atoms with van der Waals surface area (Å²) in [6, 6.07) is 1.74. The lowest BCUT2D eigenvalue weighted by Gasteiger charge is -2.41. The number of ether oxygens (including phenoxy) is 1. The molecule has 2 aliphatic heterocycles. The van der Waals surface area contributed by atoms with Gasteiger partial charge < -0.3 is 19.9 Å². The molecule has 1 N–H and O–H groups in total. The minimum atomic E-state index is -0.524. The largest absolute Gasteiger partial charge is 0.444 e. The minimum Gasteiger partial charge on any atom is -0.444 e. The predicted molar refractivity (Wildman–Crippen MR) is 137 cm³/mol. The zero-order chi connectivity index (χ0) is 25.6. The van der Waals surface area contributed by atoms with Gasteiger partial charge in [-0.15, -0.1) is 0 Å². The maximum Gasteiger partial charge on any atom is 0.410 e. The summed E-state index contributed by atoms with van der Waals surface area (Å²) in [4.78, 5) is 44.6. The van der Waals surface area contributed by atoms with E-state index in [-0.39, 0.29) is 18.2 Å². The summed E-state index contributed by atoms with van der Waals surface area (Å²) in [6.07, 6.45) is 7.44. The van der Waals surface area contributed by atoms with Gasteiger partial charge in [0.05, 0.1) is 17.6 Å². The maximum absolute atomic E-state index is 13.1. The number of fused-ring (bicyclic) bond motifs is 2. The molecule has 11 heteroatoms. The van der Waals surface area contributed by atoms with Crippen LogP contribution in [0.5, 0.6) is 0 Å². The molecule has 2 aliphatic rings. The molecule has 5 rings (SSSR count). The lowest BCUT2D eigenvalue weighted by Crippen LogP contribution is -2.55. The van der Waals surface area contributed by atoms with E-state index in [1.165, 1.54) is 0 Å². The lowest BCUT2D eigenvalue weighted by atomic mass is 10.1. The second-order valence-corrected chi connectivity index (χ2v) is 10.4. The number of urea groups is 1. The number of hydrogen-bond donors (Lipinski definition) is 1. The topological polar surface area (TPSA) is 108 Å². The van der Waals surface area contributed by atoms with Crippen LogP contribution < -0.4 is 15.1 Å². The number of amides is 3. The van der Waals surface area contributed by atoms with Crippen molar-refractivity contribution in [2.75, 3.05) is 41.3 Å². The van der Waals surface area contributed by atoms with Crippen molar-refractivity contribution in [1.29, 1.82) is 0 Å². The molecule has 1 atom stereocenters. The molecule has 0 unspecified atom stereocenters. The van der Waals surface area contributed by atoms with Gasteiger partial charge in [0.15, 0.2) is 0 Å². The number of rotatable bonds is 2. The van der Waals surface area contributed by atoms with E-state index in [1.807, 2.05) is 46.9 Å². The van der Waals surface area contributed by atoms with Gasteiger partial charge in [-0.3, -0.25) is 9.30 Å². The number of carbonyl (C=O) groups excluding carboxylic acids is 2. The van der Waals surface area contributed by atoms with Crippen molar-refractivity contribution in [2.45, 2.75) is 52.7 Å². The van der Waals surface area contributed by atoms with Crippen molar-refractivity contribution in [3.05, 3.63) is 42.1 Å². The molecule has 0 aromatic carbocycles. The van der Waals surface area contributed by atoms with Crippen LogP contribution in [0.15, 0.2) is 30.9 Å². The summed E-state index contributed by atoms with van der Waals surface area (Å²) in [7, 11) is 0. The minimum absolute atomic E-state index is 0.00699.